The third-order valence-electron chi connectivity index (χ3n) is 8.30. The Labute approximate surface area is 288 Å². The second-order valence-electron chi connectivity index (χ2n) is 11.4. The maximum atomic E-state index is 12.6. The Morgan fingerprint density at radius 3 is 1.85 bits per heavy atom. The Bertz CT molecular complexity index is 1530. The van der Waals surface area contributed by atoms with Crippen LogP contribution in [0.4, 0.5) is 20.2 Å². The third kappa shape index (κ3) is 9.45. The highest BCUT2D eigenvalue weighted by Crippen LogP contribution is 2.41. The number of amides is 4. The van der Waals surface area contributed by atoms with Crippen LogP contribution in [-0.4, -0.2) is 82.4 Å². The van der Waals surface area contributed by atoms with Crippen LogP contribution in [0.5, 0.6) is 11.5 Å². The summed E-state index contributed by atoms with van der Waals surface area (Å²) in [5.74, 6) is 1.79. The summed E-state index contributed by atoms with van der Waals surface area (Å²) in [6.07, 6.45) is 5.78. The quantitative estimate of drug-likeness (QED) is 0.277. The highest BCUT2D eigenvalue weighted by Gasteiger charge is 2.46. The smallest absolute Gasteiger partial charge is 0.415 e. The van der Waals surface area contributed by atoms with E-state index in [0.717, 1.165) is 49.1 Å². The maximum absolute atomic E-state index is 12.6. The molecule has 0 saturated carbocycles. The number of fused-ring (bicyclic) bond motifs is 1. The molecule has 0 atom stereocenters. The number of carbonyl (C=O) groups is 4. The number of rotatable bonds is 2. The molecule has 11 nitrogen and oxygen atoms in total. The van der Waals surface area contributed by atoms with Crippen LogP contribution in [0.2, 0.25) is 0 Å². The van der Waals surface area contributed by atoms with Gasteiger partial charge in [0.15, 0.2) is 0 Å². The number of anilines is 1. The molecule has 4 aliphatic heterocycles. The van der Waals surface area contributed by atoms with E-state index in [1.54, 1.807) is 47.5 Å². The molecule has 0 aliphatic carbocycles. The number of hydrogen-bond donors (Lipinski definition) is 1. The number of para-hydroxylation sites is 2. The monoisotopic (exact) mass is 727 g/mol. The summed E-state index contributed by atoms with van der Waals surface area (Å²) >= 11 is 8.39. The number of piperidine rings is 1. The highest BCUT2D eigenvalue weighted by atomic mass is 79.9. The Hall–Kier alpha value is -4.16. The topological polar surface area (TPSA) is 121 Å². The molecule has 4 aliphatic rings. The molecule has 47 heavy (non-hydrogen) atoms. The second-order valence-corrected chi connectivity index (χ2v) is 12.6. The first-order valence-electron chi connectivity index (χ1n) is 15.2. The van der Waals surface area contributed by atoms with E-state index in [4.69, 9.17) is 16.3 Å². The average Bonchev–Trinajstić information content (AvgIpc) is 2.98. The molecule has 2 aromatic carbocycles. The number of nitrogens with zero attached hydrogens (tertiary/aromatic N) is 4. The molecule has 250 valence electrons. The molecule has 13 heteroatoms. The lowest BCUT2D eigenvalue weighted by molar-refractivity contribution is -0.128. The minimum Gasteiger partial charge on any atom is -0.415 e. The van der Waals surface area contributed by atoms with Crippen molar-refractivity contribution < 1.29 is 28.7 Å². The van der Waals surface area contributed by atoms with Crippen LogP contribution >= 0.6 is 27.5 Å². The van der Waals surface area contributed by atoms with Gasteiger partial charge in [-0.1, -0.05) is 43.8 Å². The Kier molecular flexibility index (Phi) is 12.6. The van der Waals surface area contributed by atoms with Gasteiger partial charge >= 0.3 is 17.6 Å². The van der Waals surface area contributed by atoms with E-state index in [1.807, 2.05) is 40.1 Å². The Morgan fingerprint density at radius 2 is 1.34 bits per heavy atom. The van der Waals surface area contributed by atoms with Crippen LogP contribution in [0.3, 0.4) is 0 Å². The van der Waals surface area contributed by atoms with E-state index in [2.05, 4.69) is 31.0 Å². The number of likely N-dealkylation sites (tertiary alicyclic amines) is 3. The summed E-state index contributed by atoms with van der Waals surface area (Å²) in [6.45, 7) is 4.69. The first-order valence-corrected chi connectivity index (χ1v) is 16.3. The van der Waals surface area contributed by atoms with E-state index in [-0.39, 0.29) is 25.5 Å². The zero-order chi connectivity index (χ0) is 32.5. The first-order chi connectivity index (χ1) is 22.2. The molecule has 1 N–H and O–H groups in total. The van der Waals surface area contributed by atoms with Gasteiger partial charge in [0.2, 0.25) is 5.91 Å². The minimum absolute atomic E-state index is 0. The van der Waals surface area contributed by atoms with Gasteiger partial charge in [-0.2, -0.15) is 0 Å². The number of urea groups is 1. The van der Waals surface area contributed by atoms with Gasteiger partial charge in [0, 0.05) is 61.5 Å². The summed E-state index contributed by atoms with van der Waals surface area (Å²) in [7, 11) is 0. The van der Waals surface area contributed by atoms with Crippen LogP contribution in [-0.2, 0) is 11.2 Å². The summed E-state index contributed by atoms with van der Waals surface area (Å²) < 4.78 is 10.6. The fraction of sp³-hybridized carbons (Fsp3) is 0.382. The van der Waals surface area contributed by atoms with E-state index in [9.17, 15) is 19.2 Å². The lowest BCUT2D eigenvalue weighted by Gasteiger charge is -2.45. The molecule has 5 heterocycles. The zero-order valence-corrected chi connectivity index (χ0v) is 27.5. The standard InChI is InChI=1S/C16H19BrN4O2.C10H11NO2.C7H5ClO2.CH4/c17-12-8-11-9-16(14(22)19-13(11)18-10-12)2-6-21(7-3-16)15(23)20-4-1-5-20;12-10(11-7-4-8-11)13-9-5-2-1-3-6-9;8-7(9)10-6-4-2-1-3-5-6;/h8,10H,1-7,9H2,(H,18,19,22);1-3,5-6H,4,7-8H2;1-5H;1H4. The molecule has 1 aromatic heterocycles. The van der Waals surface area contributed by atoms with Crippen molar-refractivity contribution in [2.75, 3.05) is 44.6 Å². The van der Waals surface area contributed by atoms with Gasteiger partial charge in [-0.3, -0.25) is 4.79 Å². The number of halogens is 2. The van der Waals surface area contributed by atoms with E-state index in [1.165, 1.54) is 0 Å². The van der Waals surface area contributed by atoms with Gasteiger partial charge in [0.05, 0.1) is 5.41 Å². The summed E-state index contributed by atoms with van der Waals surface area (Å²) in [5.41, 5.74) is -0.144. The largest absolute Gasteiger partial charge is 0.415 e. The fourth-order valence-electron chi connectivity index (χ4n) is 5.38. The number of pyridine rings is 1. The van der Waals surface area contributed by atoms with E-state index in [0.29, 0.717) is 49.7 Å². The second kappa shape index (κ2) is 16.6. The maximum Gasteiger partial charge on any atom is 0.415 e. The number of aromatic nitrogens is 1. The molecule has 0 radical (unpaired) electrons. The number of benzene rings is 2. The first kappa shape index (κ1) is 35.7. The van der Waals surface area contributed by atoms with Crippen LogP contribution in [0, 0.1) is 5.41 Å². The van der Waals surface area contributed by atoms with Crippen molar-refractivity contribution in [2.45, 2.75) is 39.5 Å². The van der Waals surface area contributed by atoms with Crippen molar-refractivity contribution in [1.82, 2.24) is 19.7 Å². The Balaban J connectivity index is 0.000000177. The molecular formula is C34H39BrClN5O6. The normalized spacial score (nSPS) is 17.0. The van der Waals surface area contributed by atoms with Gasteiger partial charge < -0.3 is 29.5 Å². The van der Waals surface area contributed by atoms with Crippen molar-refractivity contribution in [3.8, 4) is 11.5 Å². The number of carbonyl (C=O) groups excluding carboxylic acids is 4. The lowest BCUT2D eigenvalue weighted by atomic mass is 9.71. The van der Waals surface area contributed by atoms with Crippen LogP contribution in [0.25, 0.3) is 0 Å². The minimum atomic E-state index is -0.814. The molecule has 0 unspecified atom stereocenters. The van der Waals surface area contributed by atoms with Crippen LogP contribution < -0.4 is 14.8 Å². The predicted molar refractivity (Wildman–Crippen MR) is 183 cm³/mol. The van der Waals surface area contributed by atoms with Crippen molar-refractivity contribution in [3.63, 3.8) is 0 Å². The van der Waals surface area contributed by atoms with E-state index < -0.39 is 10.8 Å². The predicted octanol–water partition coefficient (Wildman–Crippen LogP) is 7.20. The molecular weight excluding hydrogens is 690 g/mol. The van der Waals surface area contributed by atoms with Crippen LogP contribution in [0.15, 0.2) is 77.4 Å². The average molecular weight is 729 g/mol. The van der Waals surface area contributed by atoms with Gasteiger partial charge in [0.25, 0.3) is 0 Å². The molecule has 4 amide bonds. The summed E-state index contributed by atoms with van der Waals surface area (Å²) in [5, 5.41) is 2.95. The molecule has 3 aromatic rings. The summed E-state index contributed by atoms with van der Waals surface area (Å²) in [4.78, 5) is 56.1. The number of hydrogen-bond acceptors (Lipinski definition) is 7. The van der Waals surface area contributed by atoms with Gasteiger partial charge in [-0.05, 0) is 83.9 Å². The van der Waals surface area contributed by atoms with Gasteiger partial charge in [0.1, 0.15) is 17.3 Å². The van der Waals surface area contributed by atoms with Crippen molar-refractivity contribution >= 4 is 56.8 Å². The third-order valence-corrected chi connectivity index (χ3v) is 8.81. The lowest BCUT2D eigenvalue weighted by Crippen LogP contribution is -2.55. The van der Waals surface area contributed by atoms with Gasteiger partial charge in [-0.15, -0.1) is 0 Å². The van der Waals surface area contributed by atoms with E-state index >= 15 is 0 Å². The highest BCUT2D eigenvalue weighted by molar-refractivity contribution is 9.10. The van der Waals surface area contributed by atoms with Crippen LogP contribution in [0.1, 0.15) is 38.7 Å². The van der Waals surface area contributed by atoms with Crippen molar-refractivity contribution in [1.29, 1.82) is 0 Å². The molecule has 3 fully saturated rings. The fourth-order valence-corrected chi connectivity index (χ4v) is 5.85. The number of ether oxygens (including phenoxy) is 2. The summed E-state index contributed by atoms with van der Waals surface area (Å²) in [6, 6.07) is 19.9. The van der Waals surface area contributed by atoms with Crippen molar-refractivity contribution in [3.05, 3.63) is 83.0 Å². The SMILES string of the molecule is C.O=C(Cl)Oc1ccccc1.O=C(N1CCC1)N1CCC2(CC1)Cc1cc(Br)cnc1NC2=O.O=C(Oc1ccccc1)N1CCC1. The molecule has 0 bridgehead atoms. The van der Waals surface area contributed by atoms with Gasteiger partial charge in [-0.25, -0.2) is 19.4 Å². The Morgan fingerprint density at radius 1 is 0.809 bits per heavy atom. The molecule has 3 saturated heterocycles. The molecule has 7 rings (SSSR count). The number of nitrogens with one attached hydrogen (secondary N) is 1. The van der Waals surface area contributed by atoms with Crippen molar-refractivity contribution in [2.24, 2.45) is 5.41 Å². The zero-order valence-electron chi connectivity index (χ0n) is 25.2. The molecule has 1 spiro atoms.